The predicted molar refractivity (Wildman–Crippen MR) is 80.9 cm³/mol. The lowest BCUT2D eigenvalue weighted by atomic mass is 10.2. The molecule has 0 bridgehead atoms. The third-order valence-corrected chi connectivity index (χ3v) is 3.66. The first-order valence-corrected chi connectivity index (χ1v) is 7.56. The Morgan fingerprint density at radius 3 is 2.50 bits per heavy atom. The summed E-state index contributed by atoms with van der Waals surface area (Å²) in [6, 6.07) is 5.18. The van der Waals surface area contributed by atoms with Crippen LogP contribution in [0.2, 0.25) is 0 Å². The highest BCUT2D eigenvalue weighted by atomic mass is 16.5. The van der Waals surface area contributed by atoms with E-state index in [1.54, 1.807) is 18.2 Å². The number of anilines is 2. The third kappa shape index (κ3) is 3.41. The lowest BCUT2D eigenvalue weighted by Crippen LogP contribution is -2.32. The van der Waals surface area contributed by atoms with Gasteiger partial charge in [0, 0.05) is 19.2 Å². The number of carbonyl (C=O) groups is 1. The highest BCUT2D eigenvalue weighted by Crippen LogP contribution is 2.15. The van der Waals surface area contributed by atoms with Crippen molar-refractivity contribution in [2.75, 3.05) is 18.4 Å². The van der Waals surface area contributed by atoms with Crippen LogP contribution in [0.15, 0.2) is 22.7 Å². The topological polar surface area (TPSA) is 84.2 Å². The fraction of sp³-hybridized carbons (Fsp3) is 0.467. The molecule has 0 aliphatic carbocycles. The zero-order valence-electron chi connectivity index (χ0n) is 12.6. The summed E-state index contributed by atoms with van der Waals surface area (Å²) >= 11 is 0. The maximum atomic E-state index is 12.4. The van der Waals surface area contributed by atoms with E-state index < -0.39 is 0 Å². The second kappa shape index (κ2) is 6.55. The molecule has 0 radical (unpaired) electrons. The summed E-state index contributed by atoms with van der Waals surface area (Å²) in [7, 11) is 0. The number of likely N-dealkylation sites (tertiary alicyclic amines) is 1. The number of hydrogen-bond acceptors (Lipinski definition) is 6. The molecule has 0 aromatic carbocycles. The van der Waals surface area contributed by atoms with Gasteiger partial charge in [-0.05, 0) is 31.9 Å². The number of aryl methyl sites for hydroxylation is 1. The smallest absolute Gasteiger partial charge is 0.274 e. The molecule has 0 atom stereocenters. The summed E-state index contributed by atoms with van der Waals surface area (Å²) < 4.78 is 4.97. The van der Waals surface area contributed by atoms with Crippen LogP contribution in [0, 0.1) is 6.92 Å². The van der Waals surface area contributed by atoms with Gasteiger partial charge in [-0.1, -0.05) is 18.0 Å². The lowest BCUT2D eigenvalue weighted by molar-refractivity contribution is 0.0754. The van der Waals surface area contributed by atoms with E-state index in [4.69, 9.17) is 4.52 Å². The second-order valence-electron chi connectivity index (χ2n) is 5.46. The molecule has 22 heavy (non-hydrogen) atoms. The molecule has 2 aromatic rings. The van der Waals surface area contributed by atoms with Crippen LogP contribution in [-0.2, 0) is 0 Å². The summed E-state index contributed by atoms with van der Waals surface area (Å²) in [5.74, 6) is 1.76. The van der Waals surface area contributed by atoms with Gasteiger partial charge in [0.2, 0.25) is 0 Å². The maximum Gasteiger partial charge on any atom is 0.274 e. The fourth-order valence-electron chi connectivity index (χ4n) is 2.51. The van der Waals surface area contributed by atoms with Gasteiger partial charge in [0.25, 0.3) is 5.91 Å². The number of carbonyl (C=O) groups excluding carboxylic acids is 1. The molecule has 0 saturated carbocycles. The first kappa shape index (κ1) is 14.5. The van der Waals surface area contributed by atoms with Crippen molar-refractivity contribution in [1.82, 2.24) is 20.3 Å². The second-order valence-corrected chi connectivity index (χ2v) is 5.46. The molecule has 2 aromatic heterocycles. The van der Waals surface area contributed by atoms with Crippen LogP contribution in [0.4, 0.5) is 11.6 Å². The van der Waals surface area contributed by atoms with Crippen LogP contribution < -0.4 is 5.32 Å². The molecule has 7 heteroatoms. The molecule has 0 spiro atoms. The molecule has 1 fully saturated rings. The van der Waals surface area contributed by atoms with Crippen LogP contribution >= 0.6 is 0 Å². The van der Waals surface area contributed by atoms with Gasteiger partial charge in [-0.3, -0.25) is 4.79 Å². The average molecular weight is 301 g/mol. The number of nitrogens with zero attached hydrogens (tertiary/aromatic N) is 4. The van der Waals surface area contributed by atoms with Crippen molar-refractivity contribution >= 4 is 17.5 Å². The van der Waals surface area contributed by atoms with Gasteiger partial charge in [0.15, 0.2) is 17.3 Å². The van der Waals surface area contributed by atoms with Gasteiger partial charge in [0.1, 0.15) is 5.76 Å². The van der Waals surface area contributed by atoms with Gasteiger partial charge >= 0.3 is 0 Å². The van der Waals surface area contributed by atoms with E-state index in [-0.39, 0.29) is 5.91 Å². The van der Waals surface area contributed by atoms with Crippen LogP contribution in [0.3, 0.4) is 0 Å². The zero-order valence-corrected chi connectivity index (χ0v) is 12.6. The molecular weight excluding hydrogens is 282 g/mol. The minimum Gasteiger partial charge on any atom is -0.360 e. The SMILES string of the molecule is Cc1cc(Nc2ccc(C(=O)N3CCCCCC3)nn2)no1. The van der Waals surface area contributed by atoms with E-state index in [0.717, 1.165) is 25.9 Å². The van der Waals surface area contributed by atoms with Gasteiger partial charge in [-0.15, -0.1) is 10.2 Å². The highest BCUT2D eigenvalue weighted by Gasteiger charge is 2.18. The van der Waals surface area contributed by atoms with Crippen molar-refractivity contribution in [3.63, 3.8) is 0 Å². The Morgan fingerprint density at radius 2 is 1.91 bits per heavy atom. The quantitative estimate of drug-likeness (QED) is 0.937. The Morgan fingerprint density at radius 1 is 1.14 bits per heavy atom. The van der Waals surface area contributed by atoms with Gasteiger partial charge in [-0.2, -0.15) is 0 Å². The van der Waals surface area contributed by atoms with Gasteiger partial charge in [0.05, 0.1) is 0 Å². The standard InChI is InChI=1S/C15H19N5O2/c1-11-10-14(19-22-11)16-13-7-6-12(17-18-13)15(21)20-8-4-2-3-5-9-20/h6-7,10H,2-5,8-9H2,1H3,(H,16,18,19). The number of aromatic nitrogens is 3. The van der Waals surface area contributed by atoms with Crippen molar-refractivity contribution in [1.29, 1.82) is 0 Å². The first-order valence-electron chi connectivity index (χ1n) is 7.56. The van der Waals surface area contributed by atoms with Crippen LogP contribution in [0.5, 0.6) is 0 Å². The molecule has 7 nitrogen and oxygen atoms in total. The molecular formula is C15H19N5O2. The van der Waals surface area contributed by atoms with E-state index >= 15 is 0 Å². The minimum atomic E-state index is -0.0433. The Balaban J connectivity index is 1.66. The fourth-order valence-corrected chi connectivity index (χ4v) is 2.51. The molecule has 1 aliphatic rings. The zero-order chi connectivity index (χ0) is 15.4. The highest BCUT2D eigenvalue weighted by molar-refractivity contribution is 5.92. The maximum absolute atomic E-state index is 12.4. The lowest BCUT2D eigenvalue weighted by Gasteiger charge is -2.19. The molecule has 3 heterocycles. The number of nitrogens with one attached hydrogen (secondary N) is 1. The Labute approximate surface area is 128 Å². The summed E-state index contributed by atoms with van der Waals surface area (Å²) in [4.78, 5) is 14.3. The Hall–Kier alpha value is -2.44. The number of hydrogen-bond donors (Lipinski definition) is 1. The van der Waals surface area contributed by atoms with E-state index in [0.29, 0.717) is 23.1 Å². The van der Waals surface area contributed by atoms with Crippen molar-refractivity contribution in [3.05, 3.63) is 29.7 Å². The van der Waals surface area contributed by atoms with Crippen LogP contribution in [0.1, 0.15) is 41.9 Å². The Bertz CT molecular complexity index is 630. The number of amides is 1. The first-order chi connectivity index (χ1) is 10.7. The number of rotatable bonds is 3. The predicted octanol–water partition coefficient (Wildman–Crippen LogP) is 2.53. The van der Waals surface area contributed by atoms with Crippen molar-refractivity contribution < 1.29 is 9.32 Å². The van der Waals surface area contributed by atoms with Crippen molar-refractivity contribution in [3.8, 4) is 0 Å². The molecule has 1 saturated heterocycles. The van der Waals surface area contributed by atoms with Crippen molar-refractivity contribution in [2.24, 2.45) is 0 Å². The van der Waals surface area contributed by atoms with E-state index in [9.17, 15) is 4.79 Å². The molecule has 1 N–H and O–H groups in total. The average Bonchev–Trinajstić information content (AvgIpc) is 2.78. The summed E-state index contributed by atoms with van der Waals surface area (Å²) in [6.07, 6.45) is 4.50. The van der Waals surface area contributed by atoms with Gasteiger partial charge < -0.3 is 14.7 Å². The largest absolute Gasteiger partial charge is 0.360 e. The molecule has 1 amide bonds. The normalized spacial score (nSPS) is 15.4. The van der Waals surface area contributed by atoms with Gasteiger partial charge in [-0.25, -0.2) is 0 Å². The van der Waals surface area contributed by atoms with E-state index in [1.165, 1.54) is 12.8 Å². The summed E-state index contributed by atoms with van der Waals surface area (Å²) in [6.45, 7) is 3.42. The minimum absolute atomic E-state index is 0.0433. The van der Waals surface area contributed by atoms with Crippen molar-refractivity contribution in [2.45, 2.75) is 32.6 Å². The molecule has 0 unspecified atom stereocenters. The molecule has 1 aliphatic heterocycles. The Kier molecular flexibility index (Phi) is 4.32. The molecule has 116 valence electrons. The summed E-state index contributed by atoms with van der Waals surface area (Å²) in [5.41, 5.74) is 0.379. The van der Waals surface area contributed by atoms with E-state index in [1.807, 2.05) is 11.8 Å². The van der Waals surface area contributed by atoms with E-state index in [2.05, 4.69) is 20.7 Å². The van der Waals surface area contributed by atoms with Crippen LogP contribution in [0.25, 0.3) is 0 Å². The van der Waals surface area contributed by atoms with Crippen LogP contribution in [-0.4, -0.2) is 39.3 Å². The molecule has 3 rings (SSSR count). The summed E-state index contributed by atoms with van der Waals surface area (Å²) in [5, 5.41) is 14.9. The third-order valence-electron chi connectivity index (χ3n) is 3.66. The monoisotopic (exact) mass is 301 g/mol.